The number of rotatable bonds is 4. The number of hydrogen-bond donors (Lipinski definition) is 1. The van der Waals surface area contributed by atoms with Crippen molar-refractivity contribution in [3.63, 3.8) is 0 Å². The van der Waals surface area contributed by atoms with Crippen LogP contribution in [0, 0.1) is 5.92 Å². The molecule has 3 rings (SSSR count). The second-order valence-electron chi connectivity index (χ2n) is 5.82. The van der Waals surface area contributed by atoms with Crippen molar-refractivity contribution in [2.24, 2.45) is 5.92 Å². The van der Waals surface area contributed by atoms with E-state index < -0.39 is 0 Å². The molecule has 1 aliphatic heterocycles. The fourth-order valence-electron chi connectivity index (χ4n) is 3.14. The third-order valence-electron chi connectivity index (χ3n) is 4.39. The minimum absolute atomic E-state index is 0.232. The molecule has 0 atom stereocenters. The lowest BCUT2D eigenvalue weighted by Crippen LogP contribution is -2.40. The molecule has 112 valence electrons. The number of H-pyrrole nitrogens is 1. The second kappa shape index (κ2) is 6.31. The Kier molecular flexibility index (Phi) is 4.25. The van der Waals surface area contributed by atoms with E-state index in [0.717, 1.165) is 49.0 Å². The molecule has 1 N–H and O–H groups in total. The Hall–Kier alpha value is -1.81. The summed E-state index contributed by atoms with van der Waals surface area (Å²) in [5.74, 6) is 0.836. The van der Waals surface area contributed by atoms with Crippen LogP contribution in [0.4, 0.5) is 0 Å². The molecule has 1 aromatic heterocycles. The summed E-state index contributed by atoms with van der Waals surface area (Å²) in [5, 5.41) is 1.15. The Morgan fingerprint density at radius 2 is 2.10 bits per heavy atom. The maximum Gasteiger partial charge on any atom is 0.227 e. The third-order valence-corrected chi connectivity index (χ3v) is 4.39. The largest absolute Gasteiger partial charge is 0.384 e. The van der Waals surface area contributed by atoms with Crippen molar-refractivity contribution < 1.29 is 9.53 Å². The lowest BCUT2D eigenvalue weighted by Gasteiger charge is -2.31. The van der Waals surface area contributed by atoms with Gasteiger partial charge in [-0.15, -0.1) is 0 Å². The van der Waals surface area contributed by atoms with Gasteiger partial charge in [0.2, 0.25) is 5.91 Å². The van der Waals surface area contributed by atoms with Crippen LogP contribution in [0.25, 0.3) is 10.9 Å². The number of para-hydroxylation sites is 1. The quantitative estimate of drug-likeness (QED) is 0.939. The number of fused-ring (bicyclic) bond motifs is 1. The van der Waals surface area contributed by atoms with E-state index in [0.29, 0.717) is 12.3 Å². The smallest absolute Gasteiger partial charge is 0.227 e. The zero-order chi connectivity index (χ0) is 14.7. The van der Waals surface area contributed by atoms with Crippen LogP contribution in [-0.2, 0) is 16.0 Å². The van der Waals surface area contributed by atoms with E-state index in [-0.39, 0.29) is 5.91 Å². The molecule has 2 heterocycles. The van der Waals surface area contributed by atoms with Gasteiger partial charge in [0.1, 0.15) is 0 Å². The number of ether oxygens (including phenoxy) is 1. The summed E-state index contributed by atoms with van der Waals surface area (Å²) in [4.78, 5) is 17.7. The number of hydrogen-bond acceptors (Lipinski definition) is 2. The lowest BCUT2D eigenvalue weighted by atomic mass is 9.97. The molecule has 0 aliphatic carbocycles. The summed E-state index contributed by atoms with van der Waals surface area (Å²) in [7, 11) is 1.74. The van der Waals surface area contributed by atoms with Gasteiger partial charge in [-0.2, -0.15) is 0 Å². The topological polar surface area (TPSA) is 45.3 Å². The molecule has 1 aliphatic rings. The predicted octanol–water partition coefficient (Wildman–Crippen LogP) is 2.60. The van der Waals surface area contributed by atoms with E-state index in [4.69, 9.17) is 4.74 Å². The Bertz CT molecular complexity index is 612. The molecule has 0 saturated carbocycles. The van der Waals surface area contributed by atoms with Crippen LogP contribution >= 0.6 is 0 Å². The highest BCUT2D eigenvalue weighted by Crippen LogP contribution is 2.21. The van der Waals surface area contributed by atoms with E-state index in [9.17, 15) is 4.79 Å². The molecule has 1 aromatic carbocycles. The van der Waals surface area contributed by atoms with Gasteiger partial charge in [-0.1, -0.05) is 18.2 Å². The third kappa shape index (κ3) is 3.10. The summed E-state index contributed by atoms with van der Waals surface area (Å²) in [6.45, 7) is 2.52. The van der Waals surface area contributed by atoms with Crippen LogP contribution in [0.1, 0.15) is 18.4 Å². The van der Waals surface area contributed by atoms with Gasteiger partial charge >= 0.3 is 0 Å². The molecule has 2 aromatic rings. The minimum atomic E-state index is 0.232. The highest BCUT2D eigenvalue weighted by molar-refractivity contribution is 5.88. The van der Waals surface area contributed by atoms with Crippen LogP contribution in [0.15, 0.2) is 30.5 Å². The maximum atomic E-state index is 12.5. The predicted molar refractivity (Wildman–Crippen MR) is 83.2 cm³/mol. The lowest BCUT2D eigenvalue weighted by molar-refractivity contribution is -0.132. The van der Waals surface area contributed by atoms with Gasteiger partial charge in [-0.3, -0.25) is 4.79 Å². The highest BCUT2D eigenvalue weighted by Gasteiger charge is 2.23. The van der Waals surface area contributed by atoms with Crippen molar-refractivity contribution in [2.75, 3.05) is 26.8 Å². The van der Waals surface area contributed by atoms with Gasteiger partial charge in [0.05, 0.1) is 6.42 Å². The maximum absolute atomic E-state index is 12.5. The first kappa shape index (κ1) is 14.1. The number of carbonyl (C=O) groups is 1. The van der Waals surface area contributed by atoms with Crippen LogP contribution < -0.4 is 0 Å². The summed E-state index contributed by atoms with van der Waals surface area (Å²) >= 11 is 0. The number of aromatic nitrogens is 1. The number of amides is 1. The fraction of sp³-hybridized carbons (Fsp3) is 0.471. The molecule has 0 unspecified atom stereocenters. The molecule has 1 saturated heterocycles. The van der Waals surface area contributed by atoms with Gasteiger partial charge in [0, 0.05) is 43.9 Å². The Morgan fingerprint density at radius 1 is 1.33 bits per heavy atom. The van der Waals surface area contributed by atoms with E-state index in [2.05, 4.69) is 11.1 Å². The first-order valence-electron chi connectivity index (χ1n) is 7.59. The van der Waals surface area contributed by atoms with E-state index in [1.165, 1.54) is 0 Å². The molecular formula is C17H22N2O2. The van der Waals surface area contributed by atoms with Gasteiger partial charge in [0.25, 0.3) is 0 Å². The molecule has 0 spiro atoms. The van der Waals surface area contributed by atoms with Crippen molar-refractivity contribution >= 4 is 16.8 Å². The SMILES string of the molecule is COCC1CCN(C(=O)Cc2c[nH]c3ccccc23)CC1. The van der Waals surface area contributed by atoms with Crippen LogP contribution in [0.2, 0.25) is 0 Å². The van der Waals surface area contributed by atoms with Crippen LogP contribution in [-0.4, -0.2) is 42.6 Å². The Morgan fingerprint density at radius 3 is 2.86 bits per heavy atom. The van der Waals surface area contributed by atoms with Crippen molar-refractivity contribution in [1.82, 2.24) is 9.88 Å². The Labute approximate surface area is 125 Å². The van der Waals surface area contributed by atoms with Crippen molar-refractivity contribution in [3.8, 4) is 0 Å². The summed E-state index contributed by atoms with van der Waals surface area (Å²) in [6.07, 6.45) is 4.54. The van der Waals surface area contributed by atoms with Crippen LogP contribution in [0.5, 0.6) is 0 Å². The number of carbonyl (C=O) groups excluding carboxylic acids is 1. The molecule has 0 radical (unpaired) electrons. The molecule has 1 amide bonds. The molecule has 4 nitrogen and oxygen atoms in total. The zero-order valence-electron chi connectivity index (χ0n) is 12.5. The molecule has 1 fully saturated rings. The number of nitrogens with zero attached hydrogens (tertiary/aromatic N) is 1. The average molecular weight is 286 g/mol. The number of nitrogens with one attached hydrogen (secondary N) is 1. The summed E-state index contributed by atoms with van der Waals surface area (Å²) < 4.78 is 5.20. The van der Waals surface area contributed by atoms with E-state index in [1.807, 2.05) is 29.3 Å². The standard InChI is InChI=1S/C17H22N2O2/c1-21-12-13-6-8-19(9-7-13)17(20)10-14-11-18-16-5-3-2-4-15(14)16/h2-5,11,13,18H,6-10,12H2,1H3. The minimum Gasteiger partial charge on any atom is -0.384 e. The van der Waals surface area contributed by atoms with Gasteiger partial charge in [0.15, 0.2) is 0 Å². The van der Waals surface area contributed by atoms with Gasteiger partial charge in [-0.25, -0.2) is 0 Å². The van der Waals surface area contributed by atoms with E-state index in [1.54, 1.807) is 7.11 Å². The molecular weight excluding hydrogens is 264 g/mol. The molecule has 4 heteroatoms. The highest BCUT2D eigenvalue weighted by atomic mass is 16.5. The molecule has 0 bridgehead atoms. The normalized spacial score (nSPS) is 16.5. The second-order valence-corrected chi connectivity index (χ2v) is 5.82. The van der Waals surface area contributed by atoms with Gasteiger partial charge < -0.3 is 14.6 Å². The summed E-state index contributed by atoms with van der Waals surface area (Å²) in [5.41, 5.74) is 2.19. The molecule has 21 heavy (non-hydrogen) atoms. The number of benzene rings is 1. The van der Waals surface area contributed by atoms with E-state index >= 15 is 0 Å². The first-order valence-corrected chi connectivity index (χ1v) is 7.59. The number of likely N-dealkylation sites (tertiary alicyclic amines) is 1. The monoisotopic (exact) mass is 286 g/mol. The average Bonchev–Trinajstić information content (AvgIpc) is 2.92. The van der Waals surface area contributed by atoms with Crippen LogP contribution in [0.3, 0.4) is 0 Å². The Balaban J connectivity index is 1.62. The number of aromatic amines is 1. The summed E-state index contributed by atoms with van der Waals surface area (Å²) in [6, 6.07) is 8.13. The number of piperidine rings is 1. The fourth-order valence-corrected chi connectivity index (χ4v) is 3.14. The zero-order valence-corrected chi connectivity index (χ0v) is 12.5. The van der Waals surface area contributed by atoms with Crippen molar-refractivity contribution in [1.29, 1.82) is 0 Å². The number of methoxy groups -OCH3 is 1. The van der Waals surface area contributed by atoms with Gasteiger partial charge in [-0.05, 0) is 30.4 Å². The van der Waals surface area contributed by atoms with Crippen molar-refractivity contribution in [2.45, 2.75) is 19.3 Å². The first-order chi connectivity index (χ1) is 10.3. The van der Waals surface area contributed by atoms with Crippen molar-refractivity contribution in [3.05, 3.63) is 36.0 Å².